The number of hydrogen-bond acceptors (Lipinski definition) is 4. The van der Waals surface area contributed by atoms with Gasteiger partial charge in [-0.2, -0.15) is 5.10 Å². The highest BCUT2D eigenvalue weighted by Gasteiger charge is 2.06. The molecule has 0 aromatic carbocycles. The molecule has 0 saturated heterocycles. The third kappa shape index (κ3) is 5.60. The minimum atomic E-state index is 0.711. The molecular formula is C13H27N5. The maximum absolute atomic E-state index is 4.32. The zero-order chi connectivity index (χ0) is 13.4. The van der Waals surface area contributed by atoms with Gasteiger partial charge in [0.1, 0.15) is 12.2 Å². The summed E-state index contributed by atoms with van der Waals surface area (Å²) in [5, 5.41) is 7.69. The summed E-state index contributed by atoms with van der Waals surface area (Å²) in [6.07, 6.45) is 2.74. The lowest BCUT2D eigenvalue weighted by Crippen LogP contribution is -2.31. The molecule has 0 bridgehead atoms. The summed E-state index contributed by atoms with van der Waals surface area (Å²) in [5.41, 5.74) is 0. The number of nitrogens with one attached hydrogen (secondary N) is 1. The maximum atomic E-state index is 4.32. The van der Waals surface area contributed by atoms with Crippen LogP contribution in [0, 0.1) is 5.92 Å². The van der Waals surface area contributed by atoms with Crippen molar-refractivity contribution in [1.29, 1.82) is 0 Å². The first-order chi connectivity index (χ1) is 8.63. The second kappa shape index (κ2) is 8.21. The second-order valence-corrected chi connectivity index (χ2v) is 5.24. The lowest BCUT2D eigenvalue weighted by Gasteiger charge is -2.17. The molecular weight excluding hydrogens is 226 g/mol. The molecule has 1 aromatic rings. The van der Waals surface area contributed by atoms with Gasteiger partial charge < -0.3 is 5.32 Å². The Balaban J connectivity index is 2.26. The fourth-order valence-corrected chi connectivity index (χ4v) is 1.79. The number of aryl methyl sites for hydroxylation is 1. The molecule has 0 fully saturated rings. The van der Waals surface area contributed by atoms with E-state index >= 15 is 0 Å². The van der Waals surface area contributed by atoms with Crippen molar-refractivity contribution < 1.29 is 0 Å². The normalized spacial score (nSPS) is 11.7. The van der Waals surface area contributed by atoms with E-state index < -0.39 is 0 Å². The standard InChI is InChI=1S/C13H27N5/c1-5-7-18-13(15-11-16-18)10-17(4)8-6-14-9-12(2)3/h11-12,14H,5-10H2,1-4H3. The van der Waals surface area contributed by atoms with Gasteiger partial charge in [-0.3, -0.25) is 4.90 Å². The molecule has 0 saturated carbocycles. The third-order valence-electron chi connectivity index (χ3n) is 2.77. The summed E-state index contributed by atoms with van der Waals surface area (Å²) in [6.45, 7) is 11.6. The molecule has 0 radical (unpaired) electrons. The van der Waals surface area contributed by atoms with Crippen molar-refractivity contribution in [3.8, 4) is 0 Å². The predicted molar refractivity (Wildman–Crippen MR) is 74.4 cm³/mol. The van der Waals surface area contributed by atoms with Crippen LogP contribution in [0.5, 0.6) is 0 Å². The van der Waals surface area contributed by atoms with Crippen molar-refractivity contribution >= 4 is 0 Å². The third-order valence-corrected chi connectivity index (χ3v) is 2.77. The molecule has 1 heterocycles. The van der Waals surface area contributed by atoms with Gasteiger partial charge in [-0.15, -0.1) is 0 Å². The van der Waals surface area contributed by atoms with Gasteiger partial charge in [-0.1, -0.05) is 20.8 Å². The average Bonchev–Trinajstić information content (AvgIpc) is 2.72. The van der Waals surface area contributed by atoms with Gasteiger partial charge in [0.25, 0.3) is 0 Å². The van der Waals surface area contributed by atoms with Gasteiger partial charge in [0.2, 0.25) is 0 Å². The number of likely N-dealkylation sites (N-methyl/N-ethyl adjacent to an activating group) is 1. The average molecular weight is 253 g/mol. The molecule has 1 N–H and O–H groups in total. The molecule has 0 amide bonds. The van der Waals surface area contributed by atoms with Crippen molar-refractivity contribution in [3.63, 3.8) is 0 Å². The van der Waals surface area contributed by atoms with Gasteiger partial charge in [0.15, 0.2) is 0 Å². The topological polar surface area (TPSA) is 46.0 Å². The summed E-state index contributed by atoms with van der Waals surface area (Å²) in [7, 11) is 2.13. The fraction of sp³-hybridized carbons (Fsp3) is 0.846. The number of nitrogens with zero attached hydrogens (tertiary/aromatic N) is 4. The number of rotatable bonds is 9. The van der Waals surface area contributed by atoms with Crippen molar-refractivity contribution in [2.24, 2.45) is 5.92 Å². The highest BCUT2D eigenvalue weighted by atomic mass is 15.3. The Labute approximate surface area is 111 Å². The van der Waals surface area contributed by atoms with Crippen LogP contribution in [-0.4, -0.2) is 46.3 Å². The van der Waals surface area contributed by atoms with Crippen LogP contribution in [0.15, 0.2) is 6.33 Å². The van der Waals surface area contributed by atoms with E-state index in [1.807, 2.05) is 4.68 Å². The van der Waals surface area contributed by atoms with E-state index in [1.54, 1.807) is 6.33 Å². The molecule has 0 aliphatic carbocycles. The molecule has 0 spiro atoms. The van der Waals surface area contributed by atoms with Crippen LogP contribution in [0.4, 0.5) is 0 Å². The van der Waals surface area contributed by atoms with E-state index in [9.17, 15) is 0 Å². The van der Waals surface area contributed by atoms with Gasteiger partial charge in [0, 0.05) is 19.6 Å². The lowest BCUT2D eigenvalue weighted by atomic mass is 10.2. The highest BCUT2D eigenvalue weighted by Crippen LogP contribution is 2.00. The fourth-order valence-electron chi connectivity index (χ4n) is 1.79. The first-order valence-corrected chi connectivity index (χ1v) is 6.89. The van der Waals surface area contributed by atoms with Crippen LogP contribution in [0.3, 0.4) is 0 Å². The molecule has 104 valence electrons. The minimum Gasteiger partial charge on any atom is -0.315 e. The minimum absolute atomic E-state index is 0.711. The monoisotopic (exact) mass is 253 g/mol. The first kappa shape index (κ1) is 15.1. The molecule has 1 aromatic heterocycles. The van der Waals surface area contributed by atoms with Gasteiger partial charge >= 0.3 is 0 Å². The number of hydrogen-bond donors (Lipinski definition) is 1. The molecule has 5 nitrogen and oxygen atoms in total. The van der Waals surface area contributed by atoms with E-state index in [4.69, 9.17) is 0 Å². The van der Waals surface area contributed by atoms with E-state index in [0.29, 0.717) is 5.92 Å². The van der Waals surface area contributed by atoms with E-state index in [0.717, 1.165) is 45.0 Å². The van der Waals surface area contributed by atoms with E-state index in [-0.39, 0.29) is 0 Å². The highest BCUT2D eigenvalue weighted by molar-refractivity contribution is 4.84. The van der Waals surface area contributed by atoms with Crippen molar-refractivity contribution in [1.82, 2.24) is 25.0 Å². The SMILES string of the molecule is CCCn1ncnc1CN(C)CCNCC(C)C. The Bertz CT molecular complexity index is 321. The van der Waals surface area contributed by atoms with E-state index in [2.05, 4.69) is 48.1 Å². The van der Waals surface area contributed by atoms with Gasteiger partial charge in [-0.05, 0) is 25.9 Å². The summed E-state index contributed by atoms with van der Waals surface area (Å²) in [6, 6.07) is 0. The van der Waals surface area contributed by atoms with Crippen LogP contribution < -0.4 is 5.32 Å². The maximum Gasteiger partial charge on any atom is 0.140 e. The smallest absolute Gasteiger partial charge is 0.140 e. The summed E-state index contributed by atoms with van der Waals surface area (Å²) in [4.78, 5) is 6.60. The van der Waals surface area contributed by atoms with Crippen molar-refractivity contribution in [2.75, 3.05) is 26.7 Å². The van der Waals surface area contributed by atoms with Crippen LogP contribution >= 0.6 is 0 Å². The molecule has 1 rings (SSSR count). The summed E-state index contributed by atoms with van der Waals surface area (Å²) in [5.74, 6) is 1.77. The molecule has 18 heavy (non-hydrogen) atoms. The Kier molecular flexibility index (Phi) is 6.90. The van der Waals surface area contributed by atoms with Crippen LogP contribution in [0.1, 0.15) is 33.0 Å². The van der Waals surface area contributed by atoms with Crippen molar-refractivity contribution in [3.05, 3.63) is 12.2 Å². The van der Waals surface area contributed by atoms with Crippen LogP contribution in [0.25, 0.3) is 0 Å². The largest absolute Gasteiger partial charge is 0.315 e. The summed E-state index contributed by atoms with van der Waals surface area (Å²) >= 11 is 0. The lowest BCUT2D eigenvalue weighted by molar-refractivity contribution is 0.306. The molecule has 0 aliphatic rings. The first-order valence-electron chi connectivity index (χ1n) is 6.89. The molecule has 0 unspecified atom stereocenters. The number of aromatic nitrogens is 3. The Morgan fingerprint density at radius 3 is 2.89 bits per heavy atom. The van der Waals surface area contributed by atoms with Gasteiger partial charge in [-0.25, -0.2) is 9.67 Å². The molecule has 5 heteroatoms. The quantitative estimate of drug-likeness (QED) is 0.675. The Morgan fingerprint density at radius 2 is 2.22 bits per heavy atom. The molecule has 0 aliphatic heterocycles. The van der Waals surface area contributed by atoms with Crippen LogP contribution in [0.2, 0.25) is 0 Å². The summed E-state index contributed by atoms with van der Waals surface area (Å²) < 4.78 is 2.00. The van der Waals surface area contributed by atoms with Crippen molar-refractivity contribution in [2.45, 2.75) is 40.3 Å². The zero-order valence-electron chi connectivity index (χ0n) is 12.2. The Morgan fingerprint density at radius 1 is 1.44 bits per heavy atom. The van der Waals surface area contributed by atoms with Gasteiger partial charge in [0.05, 0.1) is 6.54 Å². The van der Waals surface area contributed by atoms with Crippen LogP contribution in [-0.2, 0) is 13.1 Å². The molecule has 0 atom stereocenters. The Hall–Kier alpha value is -0.940. The van der Waals surface area contributed by atoms with E-state index in [1.165, 1.54) is 0 Å². The predicted octanol–water partition coefficient (Wildman–Crippen LogP) is 1.37. The zero-order valence-corrected chi connectivity index (χ0v) is 12.2. The second-order valence-electron chi connectivity index (χ2n) is 5.24.